The Morgan fingerprint density at radius 1 is 1.13 bits per heavy atom. The molecule has 23 heavy (non-hydrogen) atoms. The van der Waals surface area contributed by atoms with E-state index in [0.29, 0.717) is 29.5 Å². The second-order valence-electron chi connectivity index (χ2n) is 4.70. The molecule has 2 aromatic carbocycles. The van der Waals surface area contributed by atoms with Crippen LogP contribution in [0.15, 0.2) is 47.0 Å². The molecule has 6 heteroatoms. The summed E-state index contributed by atoms with van der Waals surface area (Å²) in [4.78, 5) is 4.25. The zero-order valence-electron chi connectivity index (χ0n) is 12.7. The summed E-state index contributed by atoms with van der Waals surface area (Å²) in [6.07, 6.45) is 0. The predicted molar refractivity (Wildman–Crippen MR) is 82.8 cm³/mol. The third-order valence-corrected chi connectivity index (χ3v) is 3.25. The van der Waals surface area contributed by atoms with Crippen molar-refractivity contribution in [3.8, 4) is 34.3 Å². The zero-order chi connectivity index (χ0) is 16.2. The lowest BCUT2D eigenvalue weighted by molar-refractivity contribution is 0.311. The summed E-state index contributed by atoms with van der Waals surface area (Å²) in [5.74, 6) is 1.28. The first-order valence-corrected chi connectivity index (χ1v) is 7.12. The molecule has 0 unspecified atom stereocenters. The summed E-state index contributed by atoms with van der Waals surface area (Å²) in [6, 6.07) is 11.6. The van der Waals surface area contributed by atoms with Crippen molar-refractivity contribution in [3.63, 3.8) is 0 Å². The smallest absolute Gasteiger partial charge is 0.261 e. The lowest BCUT2D eigenvalue weighted by Crippen LogP contribution is -1.95. The number of aromatic nitrogens is 2. The van der Waals surface area contributed by atoms with E-state index in [1.807, 2.05) is 6.92 Å². The molecule has 3 aromatic rings. The Morgan fingerprint density at radius 3 is 2.70 bits per heavy atom. The summed E-state index contributed by atoms with van der Waals surface area (Å²) in [5.41, 5.74) is 0.959. The van der Waals surface area contributed by atoms with Crippen LogP contribution in [0.2, 0.25) is 0 Å². The van der Waals surface area contributed by atoms with Crippen LogP contribution >= 0.6 is 0 Å². The van der Waals surface area contributed by atoms with Crippen molar-refractivity contribution in [2.75, 3.05) is 13.7 Å². The molecule has 0 bridgehead atoms. The molecule has 0 saturated carbocycles. The van der Waals surface area contributed by atoms with E-state index in [1.54, 1.807) is 43.5 Å². The molecule has 118 valence electrons. The highest BCUT2D eigenvalue weighted by molar-refractivity contribution is 5.63. The fraction of sp³-hybridized carbons (Fsp3) is 0.176. The van der Waals surface area contributed by atoms with Gasteiger partial charge < -0.3 is 14.0 Å². The molecule has 0 aliphatic heterocycles. The normalized spacial score (nSPS) is 10.6. The number of methoxy groups -OCH3 is 1. The Bertz CT molecular complexity index is 817. The van der Waals surface area contributed by atoms with Crippen LogP contribution in [0.25, 0.3) is 22.8 Å². The second kappa shape index (κ2) is 6.48. The average Bonchev–Trinajstić information content (AvgIpc) is 3.05. The van der Waals surface area contributed by atoms with Crippen molar-refractivity contribution in [2.45, 2.75) is 6.92 Å². The highest BCUT2D eigenvalue weighted by Gasteiger charge is 2.15. The van der Waals surface area contributed by atoms with Crippen LogP contribution in [0.4, 0.5) is 4.39 Å². The number of benzene rings is 2. The van der Waals surface area contributed by atoms with E-state index in [9.17, 15) is 4.39 Å². The first-order chi connectivity index (χ1) is 11.2. The summed E-state index contributed by atoms with van der Waals surface area (Å²) in [5, 5.41) is 3.91. The molecule has 0 spiro atoms. The molecule has 5 nitrogen and oxygen atoms in total. The van der Waals surface area contributed by atoms with Crippen LogP contribution in [0, 0.1) is 5.82 Å². The van der Waals surface area contributed by atoms with Crippen molar-refractivity contribution >= 4 is 0 Å². The average molecular weight is 314 g/mol. The third kappa shape index (κ3) is 3.01. The van der Waals surface area contributed by atoms with Crippen LogP contribution in [0.3, 0.4) is 0 Å². The maximum atomic E-state index is 13.8. The van der Waals surface area contributed by atoms with Crippen LogP contribution in [-0.4, -0.2) is 23.9 Å². The predicted octanol–water partition coefficient (Wildman–Crippen LogP) is 3.95. The SMILES string of the molecule is CCOc1ccc(-c2noc(-c3ccccc3F)n2)cc1OC. The highest BCUT2D eigenvalue weighted by atomic mass is 19.1. The van der Waals surface area contributed by atoms with Gasteiger partial charge in [-0.25, -0.2) is 4.39 Å². The topological polar surface area (TPSA) is 57.4 Å². The van der Waals surface area contributed by atoms with Crippen molar-refractivity contribution in [1.29, 1.82) is 0 Å². The largest absolute Gasteiger partial charge is 0.493 e. The van der Waals surface area contributed by atoms with Gasteiger partial charge in [-0.1, -0.05) is 17.3 Å². The summed E-state index contributed by atoms with van der Waals surface area (Å²) < 4.78 is 29.7. The molecule has 0 saturated heterocycles. The standard InChI is InChI=1S/C17H15FN2O3/c1-3-22-14-9-8-11(10-15(14)21-2)16-19-17(23-20-16)12-6-4-5-7-13(12)18/h4-10H,3H2,1-2H3. The fourth-order valence-corrected chi connectivity index (χ4v) is 2.17. The molecule has 0 atom stereocenters. The number of ether oxygens (including phenoxy) is 2. The second-order valence-corrected chi connectivity index (χ2v) is 4.70. The van der Waals surface area contributed by atoms with Crippen LogP contribution in [0.5, 0.6) is 11.5 Å². The molecule has 0 amide bonds. The van der Waals surface area contributed by atoms with Crippen LogP contribution in [0.1, 0.15) is 6.92 Å². The van der Waals surface area contributed by atoms with Gasteiger partial charge in [-0.2, -0.15) is 4.98 Å². The van der Waals surface area contributed by atoms with Gasteiger partial charge in [0.25, 0.3) is 5.89 Å². The van der Waals surface area contributed by atoms with E-state index in [2.05, 4.69) is 10.1 Å². The number of rotatable bonds is 5. The van der Waals surface area contributed by atoms with E-state index < -0.39 is 5.82 Å². The van der Waals surface area contributed by atoms with Crippen LogP contribution < -0.4 is 9.47 Å². The highest BCUT2D eigenvalue weighted by Crippen LogP contribution is 2.32. The number of hydrogen-bond acceptors (Lipinski definition) is 5. The molecular formula is C17H15FN2O3. The maximum absolute atomic E-state index is 13.8. The van der Waals surface area contributed by atoms with Gasteiger partial charge in [0.2, 0.25) is 5.82 Å². The molecule has 0 N–H and O–H groups in total. The van der Waals surface area contributed by atoms with E-state index in [-0.39, 0.29) is 11.5 Å². The van der Waals surface area contributed by atoms with E-state index >= 15 is 0 Å². The summed E-state index contributed by atoms with van der Waals surface area (Å²) >= 11 is 0. The first-order valence-electron chi connectivity index (χ1n) is 7.12. The van der Waals surface area contributed by atoms with Crippen molar-refractivity contribution in [1.82, 2.24) is 10.1 Å². The molecule has 0 radical (unpaired) electrons. The number of hydrogen-bond donors (Lipinski definition) is 0. The van der Waals surface area contributed by atoms with E-state index in [1.165, 1.54) is 6.07 Å². The Balaban J connectivity index is 1.96. The minimum Gasteiger partial charge on any atom is -0.493 e. The van der Waals surface area contributed by atoms with Gasteiger partial charge >= 0.3 is 0 Å². The lowest BCUT2D eigenvalue weighted by Gasteiger charge is -2.09. The van der Waals surface area contributed by atoms with Gasteiger partial charge in [0.05, 0.1) is 19.3 Å². The van der Waals surface area contributed by atoms with Gasteiger partial charge in [0.1, 0.15) is 5.82 Å². The van der Waals surface area contributed by atoms with E-state index in [0.717, 1.165) is 0 Å². The number of nitrogens with zero attached hydrogens (tertiary/aromatic N) is 2. The lowest BCUT2D eigenvalue weighted by atomic mass is 10.2. The maximum Gasteiger partial charge on any atom is 0.261 e. The van der Waals surface area contributed by atoms with Gasteiger partial charge in [-0.05, 0) is 37.3 Å². The molecule has 0 aliphatic carbocycles. The summed E-state index contributed by atoms with van der Waals surface area (Å²) in [6.45, 7) is 2.43. The molecule has 0 aliphatic rings. The minimum absolute atomic E-state index is 0.131. The Labute approximate surface area is 132 Å². The quantitative estimate of drug-likeness (QED) is 0.713. The number of halogens is 1. The Hall–Kier alpha value is -2.89. The van der Waals surface area contributed by atoms with E-state index in [4.69, 9.17) is 14.0 Å². The minimum atomic E-state index is -0.410. The van der Waals surface area contributed by atoms with Crippen molar-refractivity contribution < 1.29 is 18.4 Å². The van der Waals surface area contributed by atoms with Crippen LogP contribution in [-0.2, 0) is 0 Å². The van der Waals surface area contributed by atoms with Gasteiger partial charge in [-0.15, -0.1) is 0 Å². The molecule has 1 heterocycles. The molecule has 1 aromatic heterocycles. The fourth-order valence-electron chi connectivity index (χ4n) is 2.17. The van der Waals surface area contributed by atoms with Gasteiger partial charge in [0.15, 0.2) is 11.5 Å². The third-order valence-electron chi connectivity index (χ3n) is 3.25. The molecular weight excluding hydrogens is 299 g/mol. The first kappa shape index (κ1) is 15.0. The Kier molecular flexibility index (Phi) is 4.23. The zero-order valence-corrected chi connectivity index (χ0v) is 12.7. The van der Waals surface area contributed by atoms with Gasteiger partial charge in [-0.3, -0.25) is 0 Å². The van der Waals surface area contributed by atoms with Gasteiger partial charge in [0, 0.05) is 5.56 Å². The Morgan fingerprint density at radius 2 is 1.96 bits per heavy atom. The van der Waals surface area contributed by atoms with Crippen molar-refractivity contribution in [2.24, 2.45) is 0 Å². The molecule has 3 rings (SSSR count). The summed E-state index contributed by atoms with van der Waals surface area (Å²) in [7, 11) is 1.56. The molecule has 0 fully saturated rings. The monoisotopic (exact) mass is 314 g/mol. The van der Waals surface area contributed by atoms with Crippen molar-refractivity contribution in [3.05, 3.63) is 48.3 Å².